The summed E-state index contributed by atoms with van der Waals surface area (Å²) in [6, 6.07) is 5.07. The summed E-state index contributed by atoms with van der Waals surface area (Å²) in [5, 5.41) is 5.14. The highest BCUT2D eigenvalue weighted by Crippen LogP contribution is 2.31. The summed E-state index contributed by atoms with van der Waals surface area (Å²) in [7, 11) is 1.12. The van der Waals surface area contributed by atoms with Gasteiger partial charge in [-0.2, -0.15) is 0 Å². The second kappa shape index (κ2) is 13.4. The lowest BCUT2D eigenvalue weighted by Crippen LogP contribution is -2.14. The van der Waals surface area contributed by atoms with E-state index in [2.05, 4.69) is 16.5 Å². The van der Waals surface area contributed by atoms with Gasteiger partial charge in [0.05, 0.1) is 18.0 Å². The topological polar surface area (TPSA) is 38.3 Å². The molecule has 0 aliphatic carbocycles. The van der Waals surface area contributed by atoms with E-state index in [1.165, 1.54) is 12.1 Å². The van der Waals surface area contributed by atoms with E-state index in [1.54, 1.807) is 13.0 Å². The average Bonchev–Trinajstić information content (AvgIpc) is 2.73. The van der Waals surface area contributed by atoms with Crippen molar-refractivity contribution < 1.29 is 22.7 Å². The van der Waals surface area contributed by atoms with E-state index in [4.69, 9.17) is 4.74 Å². The third-order valence-corrected chi connectivity index (χ3v) is 4.60. The van der Waals surface area contributed by atoms with Crippen LogP contribution in [-0.2, 0) is 4.74 Å². The van der Waals surface area contributed by atoms with Crippen LogP contribution in [0.3, 0.4) is 0 Å². The summed E-state index contributed by atoms with van der Waals surface area (Å²) in [4.78, 5) is 12.6. The van der Waals surface area contributed by atoms with Crippen molar-refractivity contribution in [2.45, 2.75) is 40.5 Å². The fourth-order valence-corrected chi connectivity index (χ4v) is 2.84. The highest BCUT2D eigenvalue weighted by molar-refractivity contribution is 14.2. The molecule has 2 rings (SSSR count). The van der Waals surface area contributed by atoms with Crippen molar-refractivity contribution in [1.29, 1.82) is 0 Å². The molecule has 2 aromatic rings. The molecular weight excluding hydrogens is 526 g/mol. The predicted octanol–water partition coefficient (Wildman–Crippen LogP) is 7.53. The monoisotopic (exact) mass is 549 g/mol. The fraction of sp³-hybridized carbons (Fsp3) is 0.318. The van der Waals surface area contributed by atoms with Crippen molar-refractivity contribution in [2.75, 3.05) is 11.9 Å². The minimum absolute atomic E-state index is 0.0421. The van der Waals surface area contributed by atoms with Crippen molar-refractivity contribution in [3.63, 3.8) is 0 Å². The Balaban J connectivity index is 0.00000218. The van der Waals surface area contributed by atoms with Gasteiger partial charge in [0.25, 0.3) is 0 Å². The van der Waals surface area contributed by atoms with Gasteiger partial charge in [-0.05, 0) is 51.3 Å². The Bertz CT molecular complexity index is 942. The van der Waals surface area contributed by atoms with Crippen LogP contribution >= 0.6 is 30.1 Å². The molecule has 0 atom stereocenters. The summed E-state index contributed by atoms with van der Waals surface area (Å²) in [5.41, 5.74) is -0.257. The minimum atomic E-state index is -1.31. The summed E-state index contributed by atoms with van der Waals surface area (Å²) < 4.78 is 48.1. The van der Waals surface area contributed by atoms with Gasteiger partial charge in [0.2, 0.25) is 0 Å². The van der Waals surface area contributed by atoms with E-state index in [0.29, 0.717) is 12.0 Å². The molecule has 0 fully saturated rings. The number of anilines is 2. The molecule has 0 radical (unpaired) electrons. The molecule has 0 amide bonds. The number of halogens is 4. The van der Waals surface area contributed by atoms with Gasteiger partial charge < -0.3 is 10.1 Å². The first-order valence-electron chi connectivity index (χ1n) is 9.39. The number of benzene rings is 2. The molecule has 162 valence electrons. The third kappa shape index (κ3) is 7.13. The van der Waals surface area contributed by atoms with Crippen molar-refractivity contribution in [3.05, 3.63) is 58.4 Å². The van der Waals surface area contributed by atoms with Crippen molar-refractivity contribution in [2.24, 2.45) is 0 Å². The van der Waals surface area contributed by atoms with Gasteiger partial charge in [0.1, 0.15) is 11.4 Å². The number of hydrogen-bond acceptors (Lipinski definition) is 4. The van der Waals surface area contributed by atoms with E-state index in [-0.39, 0.29) is 23.4 Å². The van der Waals surface area contributed by atoms with Gasteiger partial charge in [-0.3, -0.25) is 0 Å². The Kier molecular flexibility index (Phi) is 11.7. The highest BCUT2D eigenvalue weighted by Gasteiger charge is 2.25. The van der Waals surface area contributed by atoms with Crippen molar-refractivity contribution in [3.8, 4) is 11.2 Å². The first-order chi connectivity index (χ1) is 14.4. The summed E-state index contributed by atoms with van der Waals surface area (Å²) in [6.07, 6.45) is 1.41. The van der Waals surface area contributed by atoms with Crippen LogP contribution in [0.4, 0.5) is 24.5 Å². The van der Waals surface area contributed by atoms with Crippen LogP contribution < -0.4 is 5.32 Å². The zero-order chi connectivity index (χ0) is 22.7. The molecule has 0 heterocycles. The number of hydrogen-bond donors (Lipinski definition) is 1. The quantitative estimate of drug-likeness (QED) is 0.175. The zero-order valence-electron chi connectivity index (χ0n) is 17.2. The van der Waals surface area contributed by atoms with E-state index < -0.39 is 29.1 Å². The number of carbonyl (C=O) groups excluding carboxylic acids is 1. The van der Waals surface area contributed by atoms with Gasteiger partial charge in [0.15, 0.2) is 11.6 Å². The second-order valence-electron chi connectivity index (χ2n) is 5.87. The maximum atomic E-state index is 14.6. The maximum absolute atomic E-state index is 14.6. The Morgan fingerprint density at radius 3 is 2.50 bits per heavy atom. The summed E-state index contributed by atoms with van der Waals surface area (Å²) in [5.74, 6) is -1.42. The largest absolute Gasteiger partial charge is 0.462 e. The molecular formula is C22H23F3INO2S. The lowest BCUT2D eigenvalue weighted by Gasteiger charge is -2.16. The number of nitrogens with one attached hydrogen (secondary N) is 1. The smallest absolute Gasteiger partial charge is 0.341 e. The van der Waals surface area contributed by atoms with Gasteiger partial charge in [0, 0.05) is 26.8 Å². The molecule has 0 aliphatic heterocycles. The fourth-order valence-electron chi connectivity index (χ4n) is 2.37. The van der Waals surface area contributed by atoms with Crippen LogP contribution in [0.1, 0.15) is 55.1 Å². The molecule has 0 spiro atoms. The molecule has 0 aliphatic rings. The Labute approximate surface area is 191 Å². The highest BCUT2D eigenvalue weighted by atomic mass is 127. The van der Waals surface area contributed by atoms with Gasteiger partial charge >= 0.3 is 5.97 Å². The molecule has 0 saturated heterocycles. The molecule has 0 bridgehead atoms. The number of aryl methyl sites for hydroxylation is 1. The van der Waals surface area contributed by atoms with E-state index in [1.807, 2.05) is 42.0 Å². The molecule has 0 aromatic heterocycles. The first-order valence-corrected chi connectivity index (χ1v) is 12.8. The molecule has 1 N–H and O–H groups in total. The number of carbonyl (C=O) groups is 1. The Morgan fingerprint density at radius 1 is 1.20 bits per heavy atom. The standard InChI is InChI=1S/C20H17F3INO2S.C2H6/c1-3-4-8-27-20(26)17-13(7-9-28-24)11-15(22)18(23)19(17)25-16-6-5-12(2)10-14(16)21;1-2/h5-6,10-11,25H,3-4,8H2,1-2H3;1-2H3. The number of rotatable bonds is 6. The second-order valence-corrected chi connectivity index (χ2v) is 7.55. The normalized spacial score (nSPS) is 9.73. The van der Waals surface area contributed by atoms with Crippen molar-refractivity contribution >= 4 is 47.5 Å². The van der Waals surface area contributed by atoms with Crippen LogP contribution in [0.2, 0.25) is 0 Å². The zero-order valence-corrected chi connectivity index (χ0v) is 20.1. The molecule has 30 heavy (non-hydrogen) atoms. The minimum Gasteiger partial charge on any atom is -0.462 e. The van der Waals surface area contributed by atoms with Gasteiger partial charge in [-0.25, -0.2) is 18.0 Å². The van der Waals surface area contributed by atoms with Crippen molar-refractivity contribution in [1.82, 2.24) is 0 Å². The number of ether oxygens (including phenoxy) is 1. The van der Waals surface area contributed by atoms with Gasteiger partial charge in [-0.15, -0.1) is 0 Å². The molecule has 2 aromatic carbocycles. The molecule has 0 unspecified atom stereocenters. The predicted molar refractivity (Wildman–Crippen MR) is 126 cm³/mol. The number of unbranched alkanes of at least 4 members (excludes halogenated alkanes) is 1. The third-order valence-electron chi connectivity index (χ3n) is 3.76. The van der Waals surface area contributed by atoms with Crippen LogP contribution in [0.5, 0.6) is 0 Å². The van der Waals surface area contributed by atoms with E-state index >= 15 is 0 Å². The summed E-state index contributed by atoms with van der Waals surface area (Å²) >= 11 is 1.91. The summed E-state index contributed by atoms with van der Waals surface area (Å²) in [6.45, 7) is 7.75. The first kappa shape index (κ1) is 26.2. The SMILES string of the molecule is CC.CCCCOC(=O)c1c(C#CSI)cc(F)c(F)c1Nc1ccc(C)cc1F. The van der Waals surface area contributed by atoms with Crippen LogP contribution in [0.15, 0.2) is 24.3 Å². The van der Waals surface area contributed by atoms with E-state index in [9.17, 15) is 18.0 Å². The number of esters is 1. The lowest BCUT2D eigenvalue weighted by molar-refractivity contribution is 0.0500. The van der Waals surface area contributed by atoms with Crippen LogP contribution in [0.25, 0.3) is 0 Å². The van der Waals surface area contributed by atoms with E-state index in [0.717, 1.165) is 21.4 Å². The Morgan fingerprint density at radius 2 is 1.90 bits per heavy atom. The average molecular weight is 549 g/mol. The molecule has 0 saturated carbocycles. The molecule has 3 nitrogen and oxygen atoms in total. The van der Waals surface area contributed by atoms with Crippen LogP contribution in [0, 0.1) is 35.5 Å². The lowest BCUT2D eigenvalue weighted by atomic mass is 10.0. The van der Waals surface area contributed by atoms with Gasteiger partial charge in [-0.1, -0.05) is 39.2 Å². The van der Waals surface area contributed by atoms with Crippen LogP contribution in [-0.4, -0.2) is 12.6 Å². The molecule has 8 heteroatoms. The Hall–Kier alpha value is -1.86. The maximum Gasteiger partial charge on any atom is 0.341 e.